The molecular formula is C14H23NO2S. The summed E-state index contributed by atoms with van der Waals surface area (Å²) in [7, 11) is 0. The molecule has 102 valence electrons. The van der Waals surface area contributed by atoms with Crippen LogP contribution in [-0.2, 0) is 9.53 Å². The maximum absolute atomic E-state index is 11.5. The van der Waals surface area contributed by atoms with Gasteiger partial charge in [-0.15, -0.1) is 11.8 Å². The predicted octanol–water partition coefficient (Wildman–Crippen LogP) is 3.39. The van der Waals surface area contributed by atoms with Gasteiger partial charge in [-0.25, -0.2) is 0 Å². The number of carbonyl (C=O) groups is 1. The highest BCUT2D eigenvalue weighted by Crippen LogP contribution is 2.38. The zero-order valence-corrected chi connectivity index (χ0v) is 12.4. The molecule has 0 N–H and O–H groups in total. The van der Waals surface area contributed by atoms with Crippen LogP contribution < -0.4 is 0 Å². The molecule has 0 atom stereocenters. The van der Waals surface area contributed by atoms with Crippen molar-refractivity contribution in [3.05, 3.63) is 0 Å². The summed E-state index contributed by atoms with van der Waals surface area (Å²) in [4.78, 5) is 11.5. The first-order valence-electron chi connectivity index (χ1n) is 6.57. The Morgan fingerprint density at radius 1 is 1.33 bits per heavy atom. The Bertz CT molecular complexity index is 309. The molecule has 0 heterocycles. The van der Waals surface area contributed by atoms with E-state index in [4.69, 9.17) is 10.00 Å². The topological polar surface area (TPSA) is 50.1 Å². The van der Waals surface area contributed by atoms with Gasteiger partial charge in [-0.1, -0.05) is 20.8 Å². The predicted molar refractivity (Wildman–Crippen MR) is 74.2 cm³/mol. The number of nitriles is 1. The number of rotatable bonds is 4. The molecule has 18 heavy (non-hydrogen) atoms. The maximum atomic E-state index is 11.5. The van der Waals surface area contributed by atoms with Gasteiger partial charge in [-0.2, -0.15) is 5.26 Å². The molecule has 1 aliphatic rings. The molecule has 0 aromatic heterocycles. The summed E-state index contributed by atoms with van der Waals surface area (Å²) in [6.07, 6.45) is 4.35. The zero-order chi connectivity index (χ0) is 13.6. The van der Waals surface area contributed by atoms with Crippen LogP contribution in [0.4, 0.5) is 0 Å². The molecule has 1 saturated carbocycles. The Balaban J connectivity index is 2.23. The van der Waals surface area contributed by atoms with E-state index in [0.717, 1.165) is 31.6 Å². The van der Waals surface area contributed by atoms with Gasteiger partial charge in [0.25, 0.3) is 0 Å². The lowest BCUT2D eigenvalue weighted by atomic mass is 9.72. The van der Waals surface area contributed by atoms with E-state index in [2.05, 4.69) is 20.8 Å². The zero-order valence-electron chi connectivity index (χ0n) is 11.6. The first kappa shape index (κ1) is 15.4. The van der Waals surface area contributed by atoms with Crippen LogP contribution in [0.15, 0.2) is 0 Å². The van der Waals surface area contributed by atoms with Gasteiger partial charge in [0, 0.05) is 0 Å². The standard InChI is InChI=1S/C14H23NO2S/c1-14(2,3)11-4-6-12(7-5-11)17-13(16)10-18-9-8-15/h11-12H,4-7,9-10H2,1-3H3. The van der Waals surface area contributed by atoms with Gasteiger partial charge in [0.2, 0.25) is 0 Å². The van der Waals surface area contributed by atoms with Crippen LogP contribution in [0.25, 0.3) is 0 Å². The molecule has 1 fully saturated rings. The highest BCUT2D eigenvalue weighted by molar-refractivity contribution is 8.00. The third-order valence-corrected chi connectivity index (χ3v) is 4.36. The van der Waals surface area contributed by atoms with Crippen molar-refractivity contribution in [2.75, 3.05) is 11.5 Å². The highest BCUT2D eigenvalue weighted by Gasteiger charge is 2.30. The number of carbonyl (C=O) groups excluding carboxylic acids is 1. The molecule has 3 nitrogen and oxygen atoms in total. The van der Waals surface area contributed by atoms with Gasteiger partial charge < -0.3 is 4.74 Å². The van der Waals surface area contributed by atoms with E-state index in [9.17, 15) is 4.79 Å². The van der Waals surface area contributed by atoms with Crippen LogP contribution in [0.5, 0.6) is 0 Å². The first-order chi connectivity index (χ1) is 8.43. The lowest BCUT2D eigenvalue weighted by molar-refractivity contribution is -0.148. The van der Waals surface area contributed by atoms with Crippen LogP contribution >= 0.6 is 11.8 Å². The van der Waals surface area contributed by atoms with E-state index >= 15 is 0 Å². The molecule has 0 unspecified atom stereocenters. The largest absolute Gasteiger partial charge is 0.462 e. The van der Waals surface area contributed by atoms with E-state index in [1.807, 2.05) is 6.07 Å². The van der Waals surface area contributed by atoms with Gasteiger partial charge in [0.1, 0.15) is 6.10 Å². The Labute approximate surface area is 114 Å². The Hall–Kier alpha value is -0.690. The monoisotopic (exact) mass is 269 g/mol. The fourth-order valence-electron chi connectivity index (χ4n) is 2.45. The number of esters is 1. The minimum Gasteiger partial charge on any atom is -0.462 e. The van der Waals surface area contributed by atoms with E-state index in [0.29, 0.717) is 16.9 Å². The molecule has 0 saturated heterocycles. The quantitative estimate of drug-likeness (QED) is 0.580. The molecule has 4 heteroatoms. The molecule has 0 aromatic rings. The van der Waals surface area contributed by atoms with Crippen molar-refractivity contribution in [1.82, 2.24) is 0 Å². The lowest BCUT2D eigenvalue weighted by Crippen LogP contribution is -2.30. The smallest absolute Gasteiger partial charge is 0.316 e. The van der Waals surface area contributed by atoms with Gasteiger partial charge >= 0.3 is 5.97 Å². The molecule has 1 aliphatic carbocycles. The van der Waals surface area contributed by atoms with Crippen molar-refractivity contribution in [3.63, 3.8) is 0 Å². The van der Waals surface area contributed by atoms with Crippen molar-refractivity contribution >= 4 is 17.7 Å². The molecule has 0 aromatic carbocycles. The molecular weight excluding hydrogens is 246 g/mol. The molecule has 0 amide bonds. The van der Waals surface area contributed by atoms with Crippen molar-refractivity contribution in [3.8, 4) is 6.07 Å². The van der Waals surface area contributed by atoms with Crippen molar-refractivity contribution in [1.29, 1.82) is 5.26 Å². The number of nitrogens with zero attached hydrogens (tertiary/aromatic N) is 1. The van der Waals surface area contributed by atoms with E-state index < -0.39 is 0 Å². The van der Waals surface area contributed by atoms with Crippen LogP contribution in [0.1, 0.15) is 46.5 Å². The number of ether oxygens (including phenoxy) is 1. The van der Waals surface area contributed by atoms with Crippen molar-refractivity contribution in [2.45, 2.75) is 52.6 Å². The summed E-state index contributed by atoms with van der Waals surface area (Å²) in [5.41, 5.74) is 0.359. The Morgan fingerprint density at radius 3 is 2.44 bits per heavy atom. The first-order valence-corrected chi connectivity index (χ1v) is 7.73. The van der Waals surface area contributed by atoms with E-state index in [1.165, 1.54) is 11.8 Å². The second-order valence-corrected chi connectivity index (χ2v) is 6.97. The van der Waals surface area contributed by atoms with Crippen molar-refractivity contribution in [2.24, 2.45) is 11.3 Å². The summed E-state index contributed by atoms with van der Waals surface area (Å²) in [5, 5.41) is 8.38. The molecule has 0 spiro atoms. The molecule has 0 aliphatic heterocycles. The van der Waals surface area contributed by atoms with Crippen LogP contribution in [-0.4, -0.2) is 23.6 Å². The SMILES string of the molecule is CC(C)(C)C1CCC(OC(=O)CSCC#N)CC1. The number of hydrogen-bond acceptors (Lipinski definition) is 4. The summed E-state index contributed by atoms with van der Waals surface area (Å²) >= 11 is 1.32. The fourth-order valence-corrected chi connectivity index (χ4v) is 2.87. The minimum atomic E-state index is -0.172. The summed E-state index contributed by atoms with van der Waals surface area (Å²) in [6, 6.07) is 2.00. The molecule has 0 radical (unpaired) electrons. The average molecular weight is 269 g/mol. The second-order valence-electron chi connectivity index (χ2n) is 5.98. The number of hydrogen-bond donors (Lipinski definition) is 0. The van der Waals surface area contributed by atoms with Crippen molar-refractivity contribution < 1.29 is 9.53 Å². The maximum Gasteiger partial charge on any atom is 0.316 e. The summed E-state index contributed by atoms with van der Waals surface area (Å²) in [6.45, 7) is 6.84. The Morgan fingerprint density at radius 2 is 1.94 bits per heavy atom. The highest BCUT2D eigenvalue weighted by atomic mass is 32.2. The average Bonchev–Trinajstić information content (AvgIpc) is 2.29. The van der Waals surface area contributed by atoms with Crippen LogP contribution in [0, 0.1) is 22.7 Å². The summed E-state index contributed by atoms with van der Waals surface area (Å²) in [5.74, 6) is 1.22. The van der Waals surface area contributed by atoms with E-state index in [1.54, 1.807) is 0 Å². The summed E-state index contributed by atoms with van der Waals surface area (Å²) < 4.78 is 5.43. The second kappa shape index (κ2) is 7.04. The van der Waals surface area contributed by atoms with Crippen LogP contribution in [0.2, 0.25) is 0 Å². The van der Waals surface area contributed by atoms with Crippen LogP contribution in [0.3, 0.4) is 0 Å². The molecule has 0 bridgehead atoms. The van der Waals surface area contributed by atoms with Gasteiger partial charge in [-0.05, 0) is 37.0 Å². The van der Waals surface area contributed by atoms with Gasteiger partial charge in [0.15, 0.2) is 0 Å². The minimum absolute atomic E-state index is 0.0961. The van der Waals surface area contributed by atoms with Gasteiger partial charge in [0.05, 0.1) is 17.6 Å². The molecule has 1 rings (SSSR count). The van der Waals surface area contributed by atoms with Gasteiger partial charge in [-0.3, -0.25) is 4.79 Å². The third kappa shape index (κ3) is 5.30. The fraction of sp³-hybridized carbons (Fsp3) is 0.857. The Kier molecular flexibility index (Phi) is 6.01. The normalized spacial score (nSPS) is 24.3. The lowest BCUT2D eigenvalue weighted by Gasteiger charge is -2.36. The van der Waals surface area contributed by atoms with E-state index in [-0.39, 0.29) is 12.1 Å². The number of thioether (sulfide) groups is 1. The third-order valence-electron chi connectivity index (χ3n) is 3.58.